The summed E-state index contributed by atoms with van der Waals surface area (Å²) in [5.41, 5.74) is 6.60. The smallest absolute Gasteiger partial charge is 0.252 e. The summed E-state index contributed by atoms with van der Waals surface area (Å²) in [4.78, 5) is 11.9. The number of carbonyl (C=O) groups excluding carboxylic acids is 1. The zero-order valence-electron chi connectivity index (χ0n) is 10.1. The van der Waals surface area contributed by atoms with E-state index in [4.69, 9.17) is 22.1 Å². The van der Waals surface area contributed by atoms with Gasteiger partial charge in [0.25, 0.3) is 5.91 Å². The van der Waals surface area contributed by atoms with Crippen LogP contribution in [0.25, 0.3) is 0 Å². The maximum absolute atomic E-state index is 11.9. The number of nitrogens with one attached hydrogen (secondary N) is 1. The third kappa shape index (κ3) is 3.37. The van der Waals surface area contributed by atoms with Crippen molar-refractivity contribution in [3.05, 3.63) is 28.8 Å². The first-order chi connectivity index (χ1) is 8.66. The van der Waals surface area contributed by atoms with E-state index in [1.165, 1.54) is 0 Å². The number of hydrogen-bond acceptors (Lipinski definition) is 3. The van der Waals surface area contributed by atoms with Gasteiger partial charge in [0.05, 0.1) is 10.6 Å². The molecule has 1 heterocycles. The average molecular weight is 269 g/mol. The van der Waals surface area contributed by atoms with E-state index in [-0.39, 0.29) is 5.91 Å². The molecular weight excluding hydrogens is 252 g/mol. The van der Waals surface area contributed by atoms with Crippen LogP contribution >= 0.6 is 11.6 Å². The number of nitrogens with two attached hydrogens (primary N) is 1. The Kier molecular flexibility index (Phi) is 4.44. The van der Waals surface area contributed by atoms with Crippen molar-refractivity contribution in [2.75, 3.05) is 25.5 Å². The molecule has 98 valence electrons. The molecule has 1 unspecified atom stereocenters. The van der Waals surface area contributed by atoms with E-state index in [2.05, 4.69) is 5.32 Å². The molecule has 0 radical (unpaired) electrons. The summed E-state index contributed by atoms with van der Waals surface area (Å²) in [6.45, 7) is 2.27. The lowest BCUT2D eigenvalue weighted by atomic mass is 10.1. The van der Waals surface area contributed by atoms with Gasteiger partial charge in [0.15, 0.2) is 0 Å². The van der Waals surface area contributed by atoms with Gasteiger partial charge in [-0.05, 0) is 37.0 Å². The fourth-order valence-electron chi connectivity index (χ4n) is 2.01. The summed E-state index contributed by atoms with van der Waals surface area (Å²) in [5.74, 6) is 0.382. The van der Waals surface area contributed by atoms with Crippen molar-refractivity contribution < 1.29 is 9.53 Å². The van der Waals surface area contributed by atoms with Crippen molar-refractivity contribution in [3.63, 3.8) is 0 Å². The van der Waals surface area contributed by atoms with Crippen molar-refractivity contribution in [1.82, 2.24) is 5.32 Å². The number of nitrogen functional groups attached to an aromatic ring is 1. The van der Waals surface area contributed by atoms with E-state index >= 15 is 0 Å². The first-order valence-electron chi connectivity index (χ1n) is 6.08. The summed E-state index contributed by atoms with van der Waals surface area (Å²) in [6, 6.07) is 4.90. The third-order valence-electron chi connectivity index (χ3n) is 3.10. The number of amides is 1. The standard InChI is InChI=1S/C13H17ClN2O2/c14-12-2-1-10(15)7-11(12)13(17)16-5-3-9-4-6-18-8-9/h1-2,7,9H,3-6,8,15H2,(H,16,17). The topological polar surface area (TPSA) is 64.4 Å². The molecule has 1 atom stereocenters. The van der Waals surface area contributed by atoms with Crippen LogP contribution in [0.2, 0.25) is 5.02 Å². The molecular formula is C13H17ClN2O2. The number of benzene rings is 1. The molecule has 0 aliphatic carbocycles. The predicted molar refractivity (Wildman–Crippen MR) is 71.7 cm³/mol. The highest BCUT2D eigenvalue weighted by Crippen LogP contribution is 2.19. The van der Waals surface area contributed by atoms with Gasteiger partial charge >= 0.3 is 0 Å². The zero-order chi connectivity index (χ0) is 13.0. The maximum Gasteiger partial charge on any atom is 0.252 e. The molecule has 1 saturated heterocycles. The van der Waals surface area contributed by atoms with E-state index in [9.17, 15) is 4.79 Å². The number of rotatable bonds is 4. The summed E-state index contributed by atoms with van der Waals surface area (Å²) in [7, 11) is 0. The molecule has 2 rings (SSSR count). The Morgan fingerprint density at radius 1 is 1.56 bits per heavy atom. The Hall–Kier alpha value is -1.26. The van der Waals surface area contributed by atoms with Gasteiger partial charge in [-0.25, -0.2) is 0 Å². The maximum atomic E-state index is 11.9. The molecule has 5 heteroatoms. The molecule has 4 nitrogen and oxygen atoms in total. The van der Waals surface area contributed by atoms with Gasteiger partial charge in [0.2, 0.25) is 0 Å². The highest BCUT2D eigenvalue weighted by molar-refractivity contribution is 6.34. The zero-order valence-corrected chi connectivity index (χ0v) is 10.9. The van der Waals surface area contributed by atoms with Crippen LogP contribution in [-0.2, 0) is 4.74 Å². The molecule has 1 aromatic rings. The van der Waals surface area contributed by atoms with Crippen molar-refractivity contribution in [1.29, 1.82) is 0 Å². The molecule has 1 aliphatic heterocycles. The van der Waals surface area contributed by atoms with Crippen LogP contribution in [0.1, 0.15) is 23.2 Å². The number of ether oxygens (including phenoxy) is 1. The van der Waals surface area contributed by atoms with Gasteiger partial charge in [0.1, 0.15) is 0 Å². The molecule has 1 fully saturated rings. The highest BCUT2D eigenvalue weighted by Gasteiger charge is 2.16. The molecule has 3 N–H and O–H groups in total. The molecule has 1 aromatic carbocycles. The molecule has 18 heavy (non-hydrogen) atoms. The molecule has 1 amide bonds. The number of carbonyl (C=O) groups is 1. The largest absolute Gasteiger partial charge is 0.399 e. The van der Waals surface area contributed by atoms with E-state index in [0.717, 1.165) is 26.1 Å². The Morgan fingerprint density at radius 2 is 2.39 bits per heavy atom. The van der Waals surface area contributed by atoms with Crippen LogP contribution in [0, 0.1) is 5.92 Å². The molecule has 1 aliphatic rings. The third-order valence-corrected chi connectivity index (χ3v) is 3.43. The quantitative estimate of drug-likeness (QED) is 0.822. The van der Waals surface area contributed by atoms with Crippen molar-refractivity contribution >= 4 is 23.2 Å². The molecule has 0 saturated carbocycles. The fourth-order valence-corrected chi connectivity index (χ4v) is 2.22. The lowest BCUT2D eigenvalue weighted by molar-refractivity contribution is 0.0950. The molecule has 0 bridgehead atoms. The molecule has 0 aromatic heterocycles. The van der Waals surface area contributed by atoms with Crippen LogP contribution in [0.5, 0.6) is 0 Å². The monoisotopic (exact) mass is 268 g/mol. The normalized spacial score (nSPS) is 18.8. The second-order valence-electron chi connectivity index (χ2n) is 4.51. The van der Waals surface area contributed by atoms with E-state index < -0.39 is 0 Å². The number of halogens is 1. The summed E-state index contributed by atoms with van der Waals surface area (Å²) in [6.07, 6.45) is 2.01. The van der Waals surface area contributed by atoms with Crippen molar-refractivity contribution in [2.24, 2.45) is 5.92 Å². The Labute approximate surface area is 111 Å². The van der Waals surface area contributed by atoms with Crippen LogP contribution < -0.4 is 11.1 Å². The summed E-state index contributed by atoms with van der Waals surface area (Å²) in [5, 5.41) is 3.28. The van der Waals surface area contributed by atoms with Crippen molar-refractivity contribution in [2.45, 2.75) is 12.8 Å². The number of hydrogen-bond donors (Lipinski definition) is 2. The minimum absolute atomic E-state index is 0.175. The number of anilines is 1. The Bertz CT molecular complexity index is 431. The second kappa shape index (κ2) is 6.07. The average Bonchev–Trinajstić information content (AvgIpc) is 2.85. The van der Waals surface area contributed by atoms with Gasteiger partial charge in [-0.3, -0.25) is 4.79 Å². The van der Waals surface area contributed by atoms with Crippen molar-refractivity contribution in [3.8, 4) is 0 Å². The van der Waals surface area contributed by atoms with Crippen LogP contribution in [0.15, 0.2) is 18.2 Å². The van der Waals surface area contributed by atoms with Gasteiger partial charge in [-0.1, -0.05) is 11.6 Å². The Balaban J connectivity index is 1.85. The lowest BCUT2D eigenvalue weighted by Crippen LogP contribution is -2.26. The van der Waals surface area contributed by atoms with E-state index in [1.807, 2.05) is 0 Å². The minimum Gasteiger partial charge on any atom is -0.399 e. The van der Waals surface area contributed by atoms with Gasteiger partial charge < -0.3 is 15.8 Å². The van der Waals surface area contributed by atoms with Crippen LogP contribution in [0.3, 0.4) is 0 Å². The minimum atomic E-state index is -0.175. The van der Waals surface area contributed by atoms with Crippen LogP contribution in [0.4, 0.5) is 5.69 Å². The SMILES string of the molecule is Nc1ccc(Cl)c(C(=O)NCCC2CCOC2)c1. The van der Waals surface area contributed by atoms with E-state index in [0.29, 0.717) is 28.7 Å². The van der Waals surface area contributed by atoms with Gasteiger partial charge in [-0.15, -0.1) is 0 Å². The highest BCUT2D eigenvalue weighted by atomic mass is 35.5. The van der Waals surface area contributed by atoms with Gasteiger partial charge in [-0.2, -0.15) is 0 Å². The first-order valence-corrected chi connectivity index (χ1v) is 6.45. The Morgan fingerprint density at radius 3 is 3.11 bits per heavy atom. The predicted octanol–water partition coefficient (Wildman–Crippen LogP) is 2.08. The summed E-state index contributed by atoms with van der Waals surface area (Å²) < 4.78 is 5.28. The lowest BCUT2D eigenvalue weighted by Gasteiger charge is -2.10. The van der Waals surface area contributed by atoms with Gasteiger partial charge in [0, 0.05) is 25.4 Å². The molecule has 0 spiro atoms. The first kappa shape index (κ1) is 13.2. The van der Waals surface area contributed by atoms with E-state index in [1.54, 1.807) is 18.2 Å². The summed E-state index contributed by atoms with van der Waals surface area (Å²) >= 11 is 5.96. The van der Waals surface area contributed by atoms with Crippen LogP contribution in [-0.4, -0.2) is 25.7 Å². The fraction of sp³-hybridized carbons (Fsp3) is 0.462. The second-order valence-corrected chi connectivity index (χ2v) is 4.92.